The van der Waals surface area contributed by atoms with E-state index in [9.17, 15) is 0 Å². The van der Waals surface area contributed by atoms with Crippen molar-refractivity contribution in [2.45, 2.75) is 26.4 Å². The third-order valence-electron chi connectivity index (χ3n) is 2.34. The Kier molecular flexibility index (Phi) is 2.71. The monoisotopic (exact) mass is 205 g/mol. The maximum Gasteiger partial charge on any atom is 0.108 e. The van der Waals surface area contributed by atoms with Crippen LogP contribution in [0, 0.1) is 0 Å². The molecule has 2 aromatic heterocycles. The van der Waals surface area contributed by atoms with Crippen molar-refractivity contribution in [2.75, 3.05) is 5.73 Å². The first-order chi connectivity index (χ1) is 7.29. The van der Waals surface area contributed by atoms with Gasteiger partial charge >= 0.3 is 0 Å². The molecule has 0 amide bonds. The van der Waals surface area contributed by atoms with Crippen LogP contribution in [-0.4, -0.2) is 19.3 Å². The molecule has 0 aliphatic heterocycles. The van der Waals surface area contributed by atoms with Crippen LogP contribution in [0.5, 0.6) is 0 Å². The largest absolute Gasteiger partial charge is 0.396 e. The van der Waals surface area contributed by atoms with E-state index in [2.05, 4.69) is 21.6 Å². The molecule has 5 nitrogen and oxygen atoms in total. The number of aryl methyl sites for hydroxylation is 3. The molecule has 0 spiro atoms. The van der Waals surface area contributed by atoms with Crippen LogP contribution in [0.4, 0.5) is 5.69 Å². The van der Waals surface area contributed by atoms with Crippen molar-refractivity contribution in [1.82, 2.24) is 19.3 Å². The maximum atomic E-state index is 5.58. The lowest BCUT2D eigenvalue weighted by Gasteiger charge is -2.06. The van der Waals surface area contributed by atoms with Crippen molar-refractivity contribution in [3.63, 3.8) is 0 Å². The van der Waals surface area contributed by atoms with Crippen LogP contribution in [0.15, 0.2) is 24.8 Å². The first kappa shape index (κ1) is 9.76. The van der Waals surface area contributed by atoms with Gasteiger partial charge < -0.3 is 10.3 Å². The molecular formula is C10H15N5. The van der Waals surface area contributed by atoms with E-state index >= 15 is 0 Å². The standard InChI is InChI=1S/C10H15N5/c1-2-10-12-3-4-14(10)5-6-15-8-9(11)7-13-15/h3-4,7-8H,2,5-6,11H2,1H3. The van der Waals surface area contributed by atoms with Crippen LogP contribution in [0.1, 0.15) is 12.7 Å². The first-order valence-electron chi connectivity index (χ1n) is 5.07. The smallest absolute Gasteiger partial charge is 0.108 e. The molecular weight excluding hydrogens is 190 g/mol. The fraction of sp³-hybridized carbons (Fsp3) is 0.400. The van der Waals surface area contributed by atoms with Gasteiger partial charge in [-0.05, 0) is 0 Å². The summed E-state index contributed by atoms with van der Waals surface area (Å²) in [6.07, 6.45) is 8.27. The molecule has 0 bridgehead atoms. The molecule has 2 aromatic rings. The van der Waals surface area contributed by atoms with E-state index in [0.29, 0.717) is 5.69 Å². The Balaban J connectivity index is 1.98. The van der Waals surface area contributed by atoms with Gasteiger partial charge in [-0.25, -0.2) is 4.98 Å². The minimum Gasteiger partial charge on any atom is -0.396 e. The number of nitrogens with zero attached hydrogens (tertiary/aromatic N) is 4. The van der Waals surface area contributed by atoms with E-state index in [-0.39, 0.29) is 0 Å². The van der Waals surface area contributed by atoms with Crippen molar-refractivity contribution >= 4 is 5.69 Å². The lowest BCUT2D eigenvalue weighted by Crippen LogP contribution is -2.09. The van der Waals surface area contributed by atoms with Crippen molar-refractivity contribution in [3.8, 4) is 0 Å². The molecule has 0 aliphatic carbocycles. The normalized spacial score (nSPS) is 10.7. The Labute approximate surface area is 88.5 Å². The minimum atomic E-state index is 0.705. The predicted molar refractivity (Wildman–Crippen MR) is 58.2 cm³/mol. The van der Waals surface area contributed by atoms with Gasteiger partial charge in [-0.15, -0.1) is 0 Å². The molecule has 5 heteroatoms. The summed E-state index contributed by atoms with van der Waals surface area (Å²) >= 11 is 0. The molecule has 0 saturated heterocycles. The maximum absolute atomic E-state index is 5.58. The Bertz CT molecular complexity index is 428. The molecule has 0 fully saturated rings. The van der Waals surface area contributed by atoms with Gasteiger partial charge in [-0.1, -0.05) is 6.92 Å². The van der Waals surface area contributed by atoms with Gasteiger partial charge in [-0.2, -0.15) is 5.10 Å². The van der Waals surface area contributed by atoms with Gasteiger partial charge in [0.15, 0.2) is 0 Å². The molecule has 0 atom stereocenters. The van der Waals surface area contributed by atoms with Crippen LogP contribution in [0.2, 0.25) is 0 Å². The highest BCUT2D eigenvalue weighted by Gasteiger charge is 2.00. The van der Waals surface area contributed by atoms with Gasteiger partial charge in [0.25, 0.3) is 0 Å². The number of nitrogens with two attached hydrogens (primary N) is 1. The van der Waals surface area contributed by atoms with Crippen molar-refractivity contribution in [3.05, 3.63) is 30.6 Å². The average Bonchev–Trinajstić information content (AvgIpc) is 2.83. The molecule has 0 radical (unpaired) electrons. The quantitative estimate of drug-likeness (QED) is 0.807. The number of anilines is 1. The number of imidazole rings is 1. The van der Waals surface area contributed by atoms with E-state index in [1.165, 1.54) is 0 Å². The van der Waals surface area contributed by atoms with Crippen molar-refractivity contribution < 1.29 is 0 Å². The zero-order valence-electron chi connectivity index (χ0n) is 8.80. The Morgan fingerprint density at radius 1 is 1.40 bits per heavy atom. The predicted octanol–water partition coefficient (Wildman–Crippen LogP) is 0.924. The number of rotatable bonds is 4. The van der Waals surface area contributed by atoms with Crippen molar-refractivity contribution in [1.29, 1.82) is 0 Å². The van der Waals surface area contributed by atoms with Gasteiger partial charge in [0.2, 0.25) is 0 Å². The van der Waals surface area contributed by atoms with E-state index in [0.717, 1.165) is 25.3 Å². The summed E-state index contributed by atoms with van der Waals surface area (Å²) in [7, 11) is 0. The minimum absolute atomic E-state index is 0.705. The third-order valence-corrected chi connectivity index (χ3v) is 2.34. The van der Waals surface area contributed by atoms with Crippen LogP contribution in [-0.2, 0) is 19.5 Å². The summed E-state index contributed by atoms with van der Waals surface area (Å²) in [6, 6.07) is 0. The Morgan fingerprint density at radius 2 is 2.27 bits per heavy atom. The van der Waals surface area contributed by atoms with Crippen LogP contribution >= 0.6 is 0 Å². The average molecular weight is 205 g/mol. The summed E-state index contributed by atoms with van der Waals surface area (Å²) < 4.78 is 3.98. The van der Waals surface area contributed by atoms with E-state index in [1.54, 1.807) is 6.20 Å². The molecule has 0 unspecified atom stereocenters. The zero-order valence-corrected chi connectivity index (χ0v) is 8.80. The first-order valence-corrected chi connectivity index (χ1v) is 5.07. The highest BCUT2D eigenvalue weighted by Crippen LogP contribution is 2.01. The van der Waals surface area contributed by atoms with Gasteiger partial charge in [-0.3, -0.25) is 4.68 Å². The number of hydrogen-bond acceptors (Lipinski definition) is 3. The molecule has 2 heterocycles. The van der Waals surface area contributed by atoms with Gasteiger partial charge in [0, 0.05) is 31.6 Å². The van der Waals surface area contributed by atoms with Crippen LogP contribution in [0.3, 0.4) is 0 Å². The number of nitrogen functional groups attached to an aromatic ring is 1. The van der Waals surface area contributed by atoms with Crippen LogP contribution < -0.4 is 5.73 Å². The molecule has 0 aromatic carbocycles. The van der Waals surface area contributed by atoms with Crippen LogP contribution in [0.25, 0.3) is 0 Å². The van der Waals surface area contributed by atoms with E-state index < -0.39 is 0 Å². The molecule has 0 saturated carbocycles. The second-order valence-electron chi connectivity index (χ2n) is 3.43. The SMILES string of the molecule is CCc1nccn1CCn1cc(N)cn1. The fourth-order valence-corrected chi connectivity index (χ4v) is 1.57. The summed E-state index contributed by atoms with van der Waals surface area (Å²) in [5, 5.41) is 4.13. The second kappa shape index (κ2) is 4.16. The molecule has 2 rings (SSSR count). The molecule has 2 N–H and O–H groups in total. The topological polar surface area (TPSA) is 61.7 Å². The van der Waals surface area contributed by atoms with E-state index in [4.69, 9.17) is 5.73 Å². The highest BCUT2D eigenvalue weighted by atomic mass is 15.3. The third kappa shape index (κ3) is 2.18. The molecule has 80 valence electrons. The van der Waals surface area contributed by atoms with E-state index in [1.807, 2.05) is 23.3 Å². The Morgan fingerprint density at radius 3 is 2.93 bits per heavy atom. The number of hydrogen-bond donors (Lipinski definition) is 1. The summed E-state index contributed by atoms with van der Waals surface area (Å²) in [5.74, 6) is 1.11. The lowest BCUT2D eigenvalue weighted by molar-refractivity contribution is 0.521. The summed E-state index contributed by atoms with van der Waals surface area (Å²) in [4.78, 5) is 4.26. The summed E-state index contributed by atoms with van der Waals surface area (Å²) in [5.41, 5.74) is 6.29. The zero-order chi connectivity index (χ0) is 10.7. The number of aromatic nitrogens is 4. The van der Waals surface area contributed by atoms with Gasteiger partial charge in [0.1, 0.15) is 5.82 Å². The lowest BCUT2D eigenvalue weighted by atomic mass is 10.4. The molecule has 0 aliphatic rings. The van der Waals surface area contributed by atoms with Gasteiger partial charge in [0.05, 0.1) is 18.4 Å². The summed E-state index contributed by atoms with van der Waals surface area (Å²) in [6.45, 7) is 3.80. The second-order valence-corrected chi connectivity index (χ2v) is 3.43. The Hall–Kier alpha value is -1.78. The fourth-order valence-electron chi connectivity index (χ4n) is 1.57. The van der Waals surface area contributed by atoms with Crippen molar-refractivity contribution in [2.24, 2.45) is 0 Å². The highest BCUT2D eigenvalue weighted by molar-refractivity contribution is 5.30. The molecule has 15 heavy (non-hydrogen) atoms.